The number of rotatable bonds is 6. The summed E-state index contributed by atoms with van der Waals surface area (Å²) < 4.78 is 27.3. The van der Waals surface area contributed by atoms with Gasteiger partial charge in [0.05, 0.1) is 17.6 Å². The van der Waals surface area contributed by atoms with Crippen molar-refractivity contribution in [3.63, 3.8) is 0 Å². The topological polar surface area (TPSA) is 62.3 Å². The average molecular weight is 380 g/mol. The Morgan fingerprint density at radius 2 is 2.00 bits per heavy atom. The maximum atomic E-state index is 12.3. The van der Waals surface area contributed by atoms with Crippen LogP contribution >= 0.6 is 11.6 Å². The van der Waals surface area contributed by atoms with Crippen LogP contribution in [0.3, 0.4) is 0 Å². The van der Waals surface area contributed by atoms with Gasteiger partial charge in [-0.3, -0.25) is 4.98 Å². The Bertz CT molecular complexity index is 791. The van der Waals surface area contributed by atoms with Crippen LogP contribution < -0.4 is 9.62 Å². The molecule has 7 heteroatoms. The Morgan fingerprint density at radius 1 is 1.20 bits per heavy atom. The molecule has 5 nitrogen and oxygen atoms in total. The van der Waals surface area contributed by atoms with Gasteiger partial charge in [0, 0.05) is 30.9 Å². The molecule has 0 spiro atoms. The molecule has 134 valence electrons. The Balaban J connectivity index is 1.47. The van der Waals surface area contributed by atoms with E-state index in [2.05, 4.69) is 20.7 Å². The highest BCUT2D eigenvalue weighted by atomic mass is 35.5. The summed E-state index contributed by atoms with van der Waals surface area (Å²) in [6.07, 6.45) is 5.57. The molecule has 0 radical (unpaired) electrons. The molecule has 2 heterocycles. The predicted octanol–water partition coefficient (Wildman–Crippen LogP) is 3.07. The molecule has 0 saturated carbocycles. The van der Waals surface area contributed by atoms with Gasteiger partial charge in [-0.1, -0.05) is 23.7 Å². The highest BCUT2D eigenvalue weighted by Gasteiger charge is 2.21. The summed E-state index contributed by atoms with van der Waals surface area (Å²) in [7, 11) is -3.35. The van der Waals surface area contributed by atoms with E-state index in [1.165, 1.54) is 0 Å². The van der Waals surface area contributed by atoms with Crippen molar-refractivity contribution in [1.82, 2.24) is 9.71 Å². The number of sulfonamides is 1. The van der Waals surface area contributed by atoms with Gasteiger partial charge in [0.1, 0.15) is 0 Å². The molecule has 0 unspecified atom stereocenters. The van der Waals surface area contributed by atoms with Crippen LogP contribution in [0, 0.1) is 5.92 Å². The van der Waals surface area contributed by atoms with Gasteiger partial charge in [-0.05, 0) is 48.6 Å². The summed E-state index contributed by atoms with van der Waals surface area (Å²) in [5.74, 6) is 0.323. The minimum absolute atomic E-state index is 0.0396. The van der Waals surface area contributed by atoms with Crippen LogP contribution in [0.2, 0.25) is 5.02 Å². The highest BCUT2D eigenvalue weighted by Crippen LogP contribution is 2.22. The summed E-state index contributed by atoms with van der Waals surface area (Å²) in [5, 5.41) is 0.551. The normalized spacial score (nSPS) is 16.1. The lowest BCUT2D eigenvalue weighted by atomic mass is 9.97. The molecule has 1 aromatic heterocycles. The van der Waals surface area contributed by atoms with E-state index in [1.54, 1.807) is 30.5 Å². The third kappa shape index (κ3) is 5.42. The fourth-order valence-corrected chi connectivity index (χ4v) is 4.50. The molecule has 1 aliphatic heterocycles. The van der Waals surface area contributed by atoms with E-state index in [-0.39, 0.29) is 5.75 Å². The standard InChI is InChI=1S/C18H22ClN3O2S/c19-17-4-1-3-16(11-17)14-25(23,24)21-12-15-6-9-22(10-7-15)18-5-2-8-20-13-18/h1-5,8,11,13,15,21H,6-7,9-10,12,14H2. The summed E-state index contributed by atoms with van der Waals surface area (Å²) in [4.78, 5) is 6.45. The molecular weight excluding hydrogens is 358 g/mol. The average Bonchev–Trinajstić information content (AvgIpc) is 2.61. The number of nitrogens with zero attached hydrogens (tertiary/aromatic N) is 2. The minimum Gasteiger partial charge on any atom is -0.370 e. The van der Waals surface area contributed by atoms with Gasteiger partial charge in [0.25, 0.3) is 0 Å². The van der Waals surface area contributed by atoms with E-state index in [9.17, 15) is 8.42 Å². The highest BCUT2D eigenvalue weighted by molar-refractivity contribution is 7.88. The third-order valence-corrected chi connectivity index (χ3v) is 6.02. The molecule has 1 saturated heterocycles. The zero-order chi connectivity index (χ0) is 17.7. The quantitative estimate of drug-likeness (QED) is 0.837. The summed E-state index contributed by atoms with van der Waals surface area (Å²) in [6, 6.07) is 11.0. The van der Waals surface area contributed by atoms with Crippen molar-refractivity contribution in [2.45, 2.75) is 18.6 Å². The molecule has 0 aliphatic carbocycles. The van der Waals surface area contributed by atoms with Crippen LogP contribution in [0.4, 0.5) is 5.69 Å². The molecule has 0 bridgehead atoms. The van der Waals surface area contributed by atoms with E-state index in [1.807, 2.05) is 12.3 Å². The second-order valence-corrected chi connectivity index (χ2v) is 8.62. The number of hydrogen-bond donors (Lipinski definition) is 1. The second kappa shape index (κ2) is 8.17. The van der Waals surface area contributed by atoms with Crippen molar-refractivity contribution < 1.29 is 8.42 Å². The Kier molecular flexibility index (Phi) is 5.93. The molecule has 25 heavy (non-hydrogen) atoms. The molecule has 2 aromatic rings. The maximum Gasteiger partial charge on any atom is 0.215 e. The van der Waals surface area contributed by atoms with Gasteiger partial charge < -0.3 is 4.90 Å². The van der Waals surface area contributed by atoms with Crippen molar-refractivity contribution in [3.05, 3.63) is 59.4 Å². The van der Waals surface area contributed by atoms with Crippen molar-refractivity contribution in [1.29, 1.82) is 0 Å². The van der Waals surface area contributed by atoms with Gasteiger partial charge >= 0.3 is 0 Å². The lowest BCUT2D eigenvalue weighted by Gasteiger charge is -2.33. The van der Waals surface area contributed by atoms with Gasteiger partial charge in [0.15, 0.2) is 0 Å². The van der Waals surface area contributed by atoms with Gasteiger partial charge in [-0.15, -0.1) is 0 Å². The number of benzene rings is 1. The lowest BCUT2D eigenvalue weighted by Crippen LogP contribution is -2.39. The second-order valence-electron chi connectivity index (χ2n) is 6.38. The number of nitrogens with one attached hydrogen (secondary N) is 1. The summed E-state index contributed by atoms with van der Waals surface area (Å²) in [5.41, 5.74) is 1.83. The van der Waals surface area contributed by atoms with Gasteiger partial charge in [-0.25, -0.2) is 13.1 Å². The first-order chi connectivity index (χ1) is 12.0. The van der Waals surface area contributed by atoms with Crippen LogP contribution in [0.15, 0.2) is 48.8 Å². The van der Waals surface area contributed by atoms with Crippen molar-refractivity contribution >= 4 is 27.3 Å². The van der Waals surface area contributed by atoms with Crippen LogP contribution in [-0.2, 0) is 15.8 Å². The first kappa shape index (κ1) is 18.2. The van der Waals surface area contributed by atoms with Gasteiger partial charge in [0.2, 0.25) is 10.0 Å². The fraction of sp³-hybridized carbons (Fsp3) is 0.389. The van der Waals surface area contributed by atoms with E-state index in [0.29, 0.717) is 23.0 Å². The molecule has 1 aromatic carbocycles. The first-order valence-electron chi connectivity index (χ1n) is 8.38. The van der Waals surface area contributed by atoms with E-state index in [0.717, 1.165) is 31.6 Å². The Morgan fingerprint density at radius 3 is 2.68 bits per heavy atom. The smallest absolute Gasteiger partial charge is 0.215 e. The number of pyridine rings is 1. The monoisotopic (exact) mass is 379 g/mol. The number of halogens is 1. The summed E-state index contributed by atoms with van der Waals surface area (Å²) in [6.45, 7) is 2.34. The van der Waals surface area contributed by atoms with Gasteiger partial charge in [-0.2, -0.15) is 0 Å². The van der Waals surface area contributed by atoms with E-state index < -0.39 is 10.0 Å². The Labute approximate surface area is 154 Å². The number of piperidine rings is 1. The van der Waals surface area contributed by atoms with Crippen LogP contribution in [0.5, 0.6) is 0 Å². The van der Waals surface area contributed by atoms with Crippen LogP contribution in [0.1, 0.15) is 18.4 Å². The molecule has 3 rings (SSSR count). The molecule has 0 atom stereocenters. The number of hydrogen-bond acceptors (Lipinski definition) is 4. The Hall–Kier alpha value is -1.63. The number of aromatic nitrogens is 1. The lowest BCUT2D eigenvalue weighted by molar-refractivity contribution is 0.402. The van der Waals surface area contributed by atoms with Crippen LogP contribution in [0.25, 0.3) is 0 Å². The van der Waals surface area contributed by atoms with E-state index in [4.69, 9.17) is 11.6 Å². The summed E-state index contributed by atoms with van der Waals surface area (Å²) >= 11 is 5.91. The molecule has 1 N–H and O–H groups in total. The zero-order valence-corrected chi connectivity index (χ0v) is 15.5. The largest absolute Gasteiger partial charge is 0.370 e. The SMILES string of the molecule is O=S(=O)(Cc1cccc(Cl)c1)NCC1CCN(c2cccnc2)CC1. The van der Waals surface area contributed by atoms with Crippen molar-refractivity contribution in [3.8, 4) is 0 Å². The predicted molar refractivity (Wildman–Crippen MR) is 101 cm³/mol. The zero-order valence-electron chi connectivity index (χ0n) is 13.9. The molecular formula is C18H22ClN3O2S. The minimum atomic E-state index is -3.35. The fourth-order valence-electron chi connectivity index (χ4n) is 3.08. The van der Waals surface area contributed by atoms with Crippen LogP contribution in [-0.4, -0.2) is 33.0 Å². The molecule has 0 amide bonds. The maximum absolute atomic E-state index is 12.3. The molecule has 1 aliphatic rings. The van der Waals surface area contributed by atoms with Crippen molar-refractivity contribution in [2.75, 3.05) is 24.5 Å². The first-order valence-corrected chi connectivity index (χ1v) is 10.4. The van der Waals surface area contributed by atoms with E-state index >= 15 is 0 Å². The van der Waals surface area contributed by atoms with Crippen molar-refractivity contribution in [2.24, 2.45) is 5.92 Å². The number of anilines is 1. The molecule has 1 fully saturated rings. The third-order valence-electron chi connectivity index (χ3n) is 4.46.